The number of rotatable bonds is 11. The van der Waals surface area contributed by atoms with Crippen LogP contribution >= 0.6 is 0 Å². The molecule has 0 spiro atoms. The Labute approximate surface area is 213 Å². The highest BCUT2D eigenvalue weighted by molar-refractivity contribution is 6.10. The van der Waals surface area contributed by atoms with E-state index in [-0.39, 0.29) is 13.6 Å². The Morgan fingerprint density at radius 1 is 0.583 bits per heavy atom. The predicted molar refractivity (Wildman–Crippen MR) is 147 cm³/mol. The molecule has 6 heteroatoms. The first-order valence-electron chi connectivity index (χ1n) is 12.1. The molecule has 36 heavy (non-hydrogen) atoms. The van der Waals surface area contributed by atoms with E-state index in [9.17, 15) is 0 Å². The summed E-state index contributed by atoms with van der Waals surface area (Å²) in [6.45, 7) is 1.74. The number of methoxy groups -OCH3 is 2. The molecule has 6 nitrogen and oxygen atoms in total. The van der Waals surface area contributed by atoms with Crippen LogP contribution in [0, 0.1) is 0 Å². The lowest BCUT2D eigenvalue weighted by atomic mass is 9.88. The second-order valence-corrected chi connectivity index (χ2v) is 9.50. The van der Waals surface area contributed by atoms with E-state index >= 15 is 0 Å². The molecule has 4 rings (SSSR count). The van der Waals surface area contributed by atoms with Crippen LogP contribution < -0.4 is 9.47 Å². The lowest BCUT2D eigenvalue weighted by Crippen LogP contribution is -2.15. The van der Waals surface area contributed by atoms with Crippen molar-refractivity contribution in [3.63, 3.8) is 0 Å². The molecule has 4 aromatic rings. The number of nitrogens with zero attached hydrogens (tertiary/aromatic N) is 2. The van der Waals surface area contributed by atoms with Crippen LogP contribution in [-0.4, -0.2) is 65.8 Å². The van der Waals surface area contributed by atoms with Gasteiger partial charge in [0.05, 0.1) is 0 Å². The van der Waals surface area contributed by atoms with Crippen LogP contribution in [0.2, 0.25) is 0 Å². The van der Waals surface area contributed by atoms with Crippen molar-refractivity contribution in [2.24, 2.45) is 0 Å². The second kappa shape index (κ2) is 11.7. The van der Waals surface area contributed by atoms with E-state index in [0.717, 1.165) is 68.4 Å². The molecule has 190 valence electrons. The van der Waals surface area contributed by atoms with Gasteiger partial charge in [0.1, 0.15) is 11.5 Å². The highest BCUT2D eigenvalue weighted by Crippen LogP contribution is 2.48. The van der Waals surface area contributed by atoms with Crippen molar-refractivity contribution in [1.82, 2.24) is 9.80 Å². The Morgan fingerprint density at radius 3 is 1.33 bits per heavy atom. The van der Waals surface area contributed by atoms with E-state index in [4.69, 9.17) is 18.9 Å². The summed E-state index contributed by atoms with van der Waals surface area (Å²) in [5.74, 6) is 1.61. The smallest absolute Gasteiger partial charge is 0.188 e. The third-order valence-electron chi connectivity index (χ3n) is 6.02. The van der Waals surface area contributed by atoms with Gasteiger partial charge in [0, 0.05) is 49.6 Å². The van der Waals surface area contributed by atoms with Crippen LogP contribution in [0.3, 0.4) is 0 Å². The van der Waals surface area contributed by atoms with Crippen LogP contribution in [-0.2, 0) is 22.6 Å². The Morgan fingerprint density at radius 2 is 0.972 bits per heavy atom. The topological polar surface area (TPSA) is 43.4 Å². The second-order valence-electron chi connectivity index (χ2n) is 9.50. The van der Waals surface area contributed by atoms with Gasteiger partial charge in [0.2, 0.25) is 0 Å². The van der Waals surface area contributed by atoms with Crippen LogP contribution in [0.4, 0.5) is 0 Å². The zero-order valence-corrected chi connectivity index (χ0v) is 22.1. The lowest BCUT2D eigenvalue weighted by Gasteiger charge is -2.25. The maximum Gasteiger partial charge on any atom is 0.188 e. The molecule has 0 aromatic heterocycles. The third kappa shape index (κ3) is 5.47. The molecule has 0 unspecified atom stereocenters. The van der Waals surface area contributed by atoms with Gasteiger partial charge in [-0.15, -0.1) is 0 Å². The van der Waals surface area contributed by atoms with Gasteiger partial charge in [0.15, 0.2) is 13.6 Å². The Bertz CT molecular complexity index is 1230. The van der Waals surface area contributed by atoms with Gasteiger partial charge in [-0.1, -0.05) is 48.5 Å². The van der Waals surface area contributed by atoms with Crippen molar-refractivity contribution in [1.29, 1.82) is 0 Å². The fraction of sp³-hybridized carbons (Fsp3) is 0.333. The summed E-state index contributed by atoms with van der Waals surface area (Å²) < 4.78 is 23.5. The Balaban J connectivity index is 2.18. The molecule has 0 saturated carbocycles. The highest BCUT2D eigenvalue weighted by Gasteiger charge is 2.25. The summed E-state index contributed by atoms with van der Waals surface area (Å²) in [6, 6.07) is 21.3. The molecule has 0 atom stereocenters. The van der Waals surface area contributed by atoms with Crippen LogP contribution in [0.1, 0.15) is 11.1 Å². The first-order valence-corrected chi connectivity index (χ1v) is 12.1. The molecule has 0 bridgehead atoms. The first-order chi connectivity index (χ1) is 17.4. The van der Waals surface area contributed by atoms with E-state index < -0.39 is 0 Å². The van der Waals surface area contributed by atoms with E-state index in [1.54, 1.807) is 14.2 Å². The van der Waals surface area contributed by atoms with Gasteiger partial charge in [-0.25, -0.2) is 0 Å². The summed E-state index contributed by atoms with van der Waals surface area (Å²) in [5.41, 5.74) is 4.19. The summed E-state index contributed by atoms with van der Waals surface area (Å²) in [5, 5.41) is 4.49. The maximum absolute atomic E-state index is 6.36. The SMILES string of the molecule is COCOc1c(CN(C)C)cc2ccccc2c1-c1c(OCOC)c(CN(C)C)cc2ccccc12. The maximum atomic E-state index is 6.36. The average molecular weight is 489 g/mol. The highest BCUT2D eigenvalue weighted by atomic mass is 16.7. The molecular weight excluding hydrogens is 452 g/mol. The van der Waals surface area contributed by atoms with Gasteiger partial charge in [-0.05, 0) is 61.9 Å². The summed E-state index contributed by atoms with van der Waals surface area (Å²) in [6.07, 6.45) is 0. The quantitative estimate of drug-likeness (QED) is 0.251. The monoisotopic (exact) mass is 488 g/mol. The molecule has 0 saturated heterocycles. The van der Waals surface area contributed by atoms with Gasteiger partial charge in [-0.3, -0.25) is 0 Å². The third-order valence-corrected chi connectivity index (χ3v) is 6.02. The van der Waals surface area contributed by atoms with Gasteiger partial charge >= 0.3 is 0 Å². The summed E-state index contributed by atoms with van der Waals surface area (Å²) >= 11 is 0. The number of hydrogen-bond donors (Lipinski definition) is 0. The zero-order chi connectivity index (χ0) is 25.7. The molecule has 0 aliphatic carbocycles. The minimum atomic E-state index is 0.148. The molecular formula is C30H36N2O4. The van der Waals surface area contributed by atoms with Crippen LogP contribution in [0.15, 0.2) is 60.7 Å². The predicted octanol–water partition coefficient (Wildman–Crippen LogP) is 5.75. The van der Waals surface area contributed by atoms with E-state index in [1.807, 2.05) is 0 Å². The van der Waals surface area contributed by atoms with Gasteiger partial charge in [0.25, 0.3) is 0 Å². The molecule has 0 N–H and O–H groups in total. The minimum Gasteiger partial charge on any atom is -0.467 e. The molecule has 0 radical (unpaired) electrons. The standard InChI is InChI=1S/C30H36N2O4/c1-31(2)17-23-15-21-11-7-9-13-25(21)27(29(23)35-19-33-5)28-26-14-10-8-12-22(26)16-24(18-32(3)4)30(28)36-20-34-6/h7-16H,17-20H2,1-6H3. The summed E-state index contributed by atoms with van der Waals surface area (Å²) in [4.78, 5) is 4.30. The Hall–Kier alpha value is -3.16. The van der Waals surface area contributed by atoms with E-state index in [2.05, 4.69) is 98.7 Å². The average Bonchev–Trinajstić information content (AvgIpc) is 2.85. The fourth-order valence-electron chi connectivity index (χ4n) is 4.75. The molecule has 0 fully saturated rings. The molecule has 0 aliphatic heterocycles. The molecule has 0 amide bonds. The zero-order valence-electron chi connectivity index (χ0n) is 22.1. The van der Waals surface area contributed by atoms with Crippen molar-refractivity contribution in [2.45, 2.75) is 13.1 Å². The Kier molecular flexibility index (Phi) is 8.44. The van der Waals surface area contributed by atoms with Crippen LogP contribution in [0.5, 0.6) is 11.5 Å². The number of benzene rings is 4. The normalized spacial score (nSPS) is 11.7. The van der Waals surface area contributed by atoms with Crippen molar-refractivity contribution >= 4 is 21.5 Å². The van der Waals surface area contributed by atoms with Gasteiger partial charge in [-0.2, -0.15) is 0 Å². The van der Waals surface area contributed by atoms with E-state index in [1.165, 1.54) is 0 Å². The first kappa shape index (κ1) is 25.9. The number of fused-ring (bicyclic) bond motifs is 2. The van der Waals surface area contributed by atoms with Crippen molar-refractivity contribution in [3.05, 3.63) is 71.8 Å². The molecule has 4 aromatic carbocycles. The minimum absolute atomic E-state index is 0.148. The number of ether oxygens (including phenoxy) is 4. The van der Waals surface area contributed by atoms with Crippen molar-refractivity contribution < 1.29 is 18.9 Å². The fourth-order valence-corrected chi connectivity index (χ4v) is 4.75. The van der Waals surface area contributed by atoms with Crippen LogP contribution in [0.25, 0.3) is 32.7 Å². The van der Waals surface area contributed by atoms with Gasteiger partial charge < -0.3 is 28.7 Å². The van der Waals surface area contributed by atoms with E-state index in [0.29, 0.717) is 0 Å². The molecule has 0 heterocycles. The summed E-state index contributed by atoms with van der Waals surface area (Å²) in [7, 11) is 11.5. The van der Waals surface area contributed by atoms with Crippen molar-refractivity contribution in [3.8, 4) is 22.6 Å². The molecule has 0 aliphatic rings. The number of hydrogen-bond acceptors (Lipinski definition) is 6. The lowest BCUT2D eigenvalue weighted by molar-refractivity contribution is 0.0491. The largest absolute Gasteiger partial charge is 0.467 e. The van der Waals surface area contributed by atoms with Crippen molar-refractivity contribution in [2.75, 3.05) is 56.0 Å².